The van der Waals surface area contributed by atoms with Crippen LogP contribution in [0.1, 0.15) is 17.3 Å². The molecule has 0 bridgehead atoms. The molecule has 0 unspecified atom stereocenters. The molecule has 11 heteroatoms. The molecule has 0 spiro atoms. The molecule has 2 N–H and O–H groups in total. The Bertz CT molecular complexity index is 1150. The van der Waals surface area contributed by atoms with E-state index >= 15 is 0 Å². The summed E-state index contributed by atoms with van der Waals surface area (Å²) in [4.78, 5) is 42.9. The standard InChI is InChI=1S/C19H17N5O6/c1-3-30-19(27)23(2)16-15(24(28)29)10-20-18(22-16)21-12-7-8-13-11(9-12)5-4-6-14(13)17(25)26/h4-10H,3H2,1-2H3,(H,25,26)(H,20,21,22). The third kappa shape index (κ3) is 4.09. The molecular formula is C19H17N5O6. The van der Waals surface area contributed by atoms with Crippen LogP contribution in [-0.2, 0) is 4.74 Å². The predicted molar refractivity (Wildman–Crippen MR) is 108 cm³/mol. The smallest absolute Gasteiger partial charge is 0.415 e. The molecule has 0 saturated heterocycles. The second kappa shape index (κ2) is 8.39. The maximum Gasteiger partial charge on any atom is 0.415 e. The number of rotatable bonds is 6. The SMILES string of the molecule is CCOC(=O)N(C)c1nc(Nc2ccc3c(C(=O)O)cccc3c2)ncc1[N+](=O)[O-]. The normalized spacial score (nSPS) is 10.5. The largest absolute Gasteiger partial charge is 0.478 e. The number of nitrogens with one attached hydrogen (secondary N) is 1. The lowest BCUT2D eigenvalue weighted by Gasteiger charge is -2.16. The Morgan fingerprint density at radius 2 is 2.07 bits per heavy atom. The Kier molecular flexibility index (Phi) is 5.72. The summed E-state index contributed by atoms with van der Waals surface area (Å²) in [7, 11) is 1.31. The lowest BCUT2D eigenvalue weighted by Crippen LogP contribution is -2.28. The molecule has 0 aliphatic heterocycles. The van der Waals surface area contributed by atoms with Crippen LogP contribution in [0.25, 0.3) is 10.8 Å². The number of hydrogen-bond donors (Lipinski definition) is 2. The number of carboxylic acid groups (broad SMARTS) is 1. The van der Waals surface area contributed by atoms with Crippen LogP contribution in [0.4, 0.5) is 27.9 Å². The fraction of sp³-hybridized carbons (Fsp3) is 0.158. The third-order valence-electron chi connectivity index (χ3n) is 4.17. The summed E-state index contributed by atoms with van der Waals surface area (Å²) in [5, 5.41) is 24.7. The third-order valence-corrected chi connectivity index (χ3v) is 4.17. The molecule has 1 amide bonds. The zero-order valence-electron chi connectivity index (χ0n) is 16.0. The zero-order chi connectivity index (χ0) is 21.8. The zero-order valence-corrected chi connectivity index (χ0v) is 16.0. The van der Waals surface area contributed by atoms with Gasteiger partial charge in [0.05, 0.1) is 17.1 Å². The molecule has 3 rings (SSSR count). The van der Waals surface area contributed by atoms with Crippen molar-refractivity contribution in [2.75, 3.05) is 23.9 Å². The van der Waals surface area contributed by atoms with Gasteiger partial charge in [-0.2, -0.15) is 4.98 Å². The van der Waals surface area contributed by atoms with Gasteiger partial charge in [0.25, 0.3) is 0 Å². The van der Waals surface area contributed by atoms with Gasteiger partial charge in [0, 0.05) is 12.7 Å². The van der Waals surface area contributed by atoms with E-state index in [1.807, 2.05) is 0 Å². The summed E-state index contributed by atoms with van der Waals surface area (Å²) in [6.07, 6.45) is 0.196. The summed E-state index contributed by atoms with van der Waals surface area (Å²) in [5.41, 5.74) is 0.244. The number of aromatic carboxylic acids is 1. The van der Waals surface area contributed by atoms with E-state index in [4.69, 9.17) is 4.74 Å². The Morgan fingerprint density at radius 3 is 2.73 bits per heavy atom. The summed E-state index contributed by atoms with van der Waals surface area (Å²) >= 11 is 0. The highest BCUT2D eigenvalue weighted by Crippen LogP contribution is 2.28. The number of fused-ring (bicyclic) bond motifs is 1. The molecule has 1 heterocycles. The van der Waals surface area contributed by atoms with Gasteiger partial charge in [-0.05, 0) is 35.9 Å². The molecule has 0 aliphatic carbocycles. The highest BCUT2D eigenvalue weighted by Gasteiger charge is 2.25. The van der Waals surface area contributed by atoms with E-state index in [-0.39, 0.29) is 23.9 Å². The minimum Gasteiger partial charge on any atom is -0.478 e. The van der Waals surface area contributed by atoms with Gasteiger partial charge in [0.1, 0.15) is 6.20 Å². The van der Waals surface area contributed by atoms with Crippen LogP contribution in [0.5, 0.6) is 0 Å². The Hall–Kier alpha value is -4.28. The predicted octanol–water partition coefficient (Wildman–Crippen LogP) is 3.57. The van der Waals surface area contributed by atoms with E-state index in [9.17, 15) is 24.8 Å². The summed E-state index contributed by atoms with van der Waals surface area (Å²) in [6, 6.07) is 9.86. The van der Waals surface area contributed by atoms with E-state index in [1.165, 1.54) is 13.1 Å². The van der Waals surface area contributed by atoms with Crippen LogP contribution >= 0.6 is 0 Å². The fourth-order valence-electron chi connectivity index (χ4n) is 2.79. The first-order chi connectivity index (χ1) is 14.3. The average molecular weight is 411 g/mol. The quantitative estimate of drug-likeness (QED) is 0.458. The molecule has 0 aliphatic rings. The van der Waals surface area contributed by atoms with Gasteiger partial charge in [-0.25, -0.2) is 14.6 Å². The van der Waals surface area contributed by atoms with Crippen molar-refractivity contribution >= 4 is 46.0 Å². The van der Waals surface area contributed by atoms with Crippen LogP contribution in [0.2, 0.25) is 0 Å². The number of hydrogen-bond acceptors (Lipinski definition) is 8. The first-order valence-corrected chi connectivity index (χ1v) is 8.76. The maximum atomic E-state index is 12.0. The summed E-state index contributed by atoms with van der Waals surface area (Å²) in [6.45, 7) is 1.71. The Morgan fingerprint density at radius 1 is 1.30 bits per heavy atom. The molecule has 0 fully saturated rings. The number of ether oxygens (including phenoxy) is 1. The van der Waals surface area contributed by atoms with Gasteiger partial charge in [0.15, 0.2) is 0 Å². The molecule has 0 saturated carbocycles. The topological polar surface area (TPSA) is 148 Å². The average Bonchev–Trinajstić information content (AvgIpc) is 2.72. The molecule has 30 heavy (non-hydrogen) atoms. The molecule has 0 atom stereocenters. The van der Waals surface area contributed by atoms with E-state index in [0.717, 1.165) is 11.1 Å². The van der Waals surface area contributed by atoms with Crippen LogP contribution in [0.15, 0.2) is 42.6 Å². The molecule has 1 aromatic heterocycles. The minimum absolute atomic E-state index is 0.0143. The maximum absolute atomic E-state index is 12.0. The van der Waals surface area contributed by atoms with E-state index < -0.39 is 22.7 Å². The molecule has 11 nitrogen and oxygen atoms in total. The van der Waals surface area contributed by atoms with Gasteiger partial charge in [-0.1, -0.05) is 18.2 Å². The summed E-state index contributed by atoms with van der Waals surface area (Å²) < 4.78 is 4.87. The van der Waals surface area contributed by atoms with Crippen molar-refractivity contribution < 1.29 is 24.4 Å². The first-order valence-electron chi connectivity index (χ1n) is 8.76. The summed E-state index contributed by atoms with van der Waals surface area (Å²) in [5.74, 6) is -1.25. The van der Waals surface area contributed by atoms with Crippen molar-refractivity contribution in [1.82, 2.24) is 9.97 Å². The molecule has 3 aromatic rings. The Labute approximate surface area is 170 Å². The monoisotopic (exact) mass is 411 g/mol. The molecule has 154 valence electrons. The van der Waals surface area contributed by atoms with Crippen LogP contribution in [-0.4, -0.2) is 45.7 Å². The molecule has 0 radical (unpaired) electrons. The highest BCUT2D eigenvalue weighted by atomic mass is 16.6. The number of benzene rings is 2. The minimum atomic E-state index is -1.04. The van der Waals surface area contributed by atoms with Crippen molar-refractivity contribution in [3.8, 4) is 0 Å². The lowest BCUT2D eigenvalue weighted by molar-refractivity contribution is -0.384. The number of amides is 1. The Balaban J connectivity index is 1.97. The number of nitro groups is 1. The van der Waals surface area contributed by atoms with Crippen LogP contribution in [0, 0.1) is 10.1 Å². The van der Waals surface area contributed by atoms with E-state index in [2.05, 4.69) is 15.3 Å². The number of nitrogens with zero attached hydrogens (tertiary/aromatic N) is 4. The lowest BCUT2D eigenvalue weighted by atomic mass is 10.0. The van der Waals surface area contributed by atoms with Gasteiger partial charge in [-0.15, -0.1) is 0 Å². The number of aromatic nitrogens is 2. The van der Waals surface area contributed by atoms with Crippen LogP contribution < -0.4 is 10.2 Å². The highest BCUT2D eigenvalue weighted by molar-refractivity contribution is 6.04. The van der Waals surface area contributed by atoms with Crippen LogP contribution in [0.3, 0.4) is 0 Å². The van der Waals surface area contributed by atoms with Gasteiger partial charge in [-0.3, -0.25) is 15.0 Å². The van der Waals surface area contributed by atoms with Crippen molar-refractivity contribution in [2.24, 2.45) is 0 Å². The number of carboxylic acids is 1. The second-order valence-corrected chi connectivity index (χ2v) is 6.09. The van der Waals surface area contributed by atoms with E-state index in [1.54, 1.807) is 37.3 Å². The van der Waals surface area contributed by atoms with Crippen molar-refractivity contribution in [2.45, 2.75) is 6.92 Å². The van der Waals surface area contributed by atoms with Crippen molar-refractivity contribution in [1.29, 1.82) is 0 Å². The number of carbonyl (C=O) groups is 2. The van der Waals surface area contributed by atoms with Crippen molar-refractivity contribution in [3.63, 3.8) is 0 Å². The number of anilines is 3. The van der Waals surface area contributed by atoms with Gasteiger partial charge >= 0.3 is 17.7 Å². The molecule has 2 aromatic carbocycles. The number of carbonyl (C=O) groups excluding carboxylic acids is 1. The van der Waals surface area contributed by atoms with Crippen molar-refractivity contribution in [3.05, 3.63) is 58.3 Å². The van der Waals surface area contributed by atoms with Gasteiger partial charge < -0.3 is 15.2 Å². The fourth-order valence-corrected chi connectivity index (χ4v) is 2.79. The second-order valence-electron chi connectivity index (χ2n) is 6.09. The van der Waals surface area contributed by atoms with E-state index in [0.29, 0.717) is 16.5 Å². The molecular weight excluding hydrogens is 394 g/mol. The first kappa shape index (κ1) is 20.5. The van der Waals surface area contributed by atoms with Gasteiger partial charge in [0.2, 0.25) is 11.8 Å².